The number of carbonyl (C=O) groups is 2. The number of carbonyl (C=O) groups excluding carboxylic acids is 2. The van der Waals surface area contributed by atoms with Gasteiger partial charge in [0.25, 0.3) is 0 Å². The summed E-state index contributed by atoms with van der Waals surface area (Å²) >= 11 is 1.20. The molecule has 0 radical (unpaired) electrons. The van der Waals surface area contributed by atoms with Crippen LogP contribution in [0.2, 0.25) is 0 Å². The Hall–Kier alpha value is -2.79. The third-order valence-corrected chi connectivity index (χ3v) is 6.25. The first kappa shape index (κ1) is 21.4. The summed E-state index contributed by atoms with van der Waals surface area (Å²) in [6.07, 6.45) is -1.75. The lowest BCUT2D eigenvalue weighted by molar-refractivity contribution is -0.162. The van der Waals surface area contributed by atoms with Crippen LogP contribution in [0.25, 0.3) is 0 Å². The van der Waals surface area contributed by atoms with Gasteiger partial charge in [0.2, 0.25) is 5.91 Å². The number of amides is 1. The fourth-order valence-electron chi connectivity index (χ4n) is 3.74. The highest BCUT2D eigenvalue weighted by atomic mass is 32.2. The molecule has 164 valence electrons. The number of alkyl halides is 3. The molecule has 3 heterocycles. The molecule has 0 spiro atoms. The third kappa shape index (κ3) is 4.07. The third-order valence-electron chi connectivity index (χ3n) is 5.23. The zero-order valence-corrected chi connectivity index (χ0v) is 17.0. The molecule has 1 amide bonds. The molecule has 7 nitrogen and oxygen atoms in total. The number of aliphatic hydroxyl groups is 1. The number of esters is 1. The Balaban J connectivity index is 1.51. The van der Waals surface area contributed by atoms with Gasteiger partial charge in [-0.2, -0.15) is 13.2 Å². The smallest absolute Gasteiger partial charge is 0.416 e. The monoisotopic (exact) mass is 453 g/mol. The Morgan fingerprint density at radius 1 is 1.39 bits per heavy atom. The number of thioether (sulfide) groups is 1. The molecule has 3 atom stereocenters. The Bertz CT molecular complexity index is 1020. The van der Waals surface area contributed by atoms with E-state index in [2.05, 4.69) is 9.97 Å². The van der Waals surface area contributed by atoms with E-state index in [1.807, 2.05) is 0 Å². The van der Waals surface area contributed by atoms with Gasteiger partial charge in [0, 0.05) is 23.7 Å². The summed E-state index contributed by atoms with van der Waals surface area (Å²) in [5.41, 5.74) is -0.329. The highest BCUT2D eigenvalue weighted by molar-refractivity contribution is 8.03. The number of hydrogen-bond acceptors (Lipinski definition) is 6. The Kier molecular flexibility index (Phi) is 5.56. The van der Waals surface area contributed by atoms with Crippen LogP contribution in [0.5, 0.6) is 0 Å². The summed E-state index contributed by atoms with van der Waals surface area (Å²) in [7, 11) is 0. The van der Waals surface area contributed by atoms with Gasteiger partial charge in [0.05, 0.1) is 23.6 Å². The quantitative estimate of drug-likeness (QED) is 0.516. The number of hydrogen-bond donors (Lipinski definition) is 2. The van der Waals surface area contributed by atoms with Crippen molar-refractivity contribution in [3.8, 4) is 0 Å². The van der Waals surface area contributed by atoms with E-state index in [4.69, 9.17) is 4.74 Å². The van der Waals surface area contributed by atoms with E-state index in [1.165, 1.54) is 35.7 Å². The lowest BCUT2D eigenvalue weighted by Gasteiger charge is -2.44. The van der Waals surface area contributed by atoms with Gasteiger partial charge in [-0.25, -0.2) is 9.78 Å². The molecule has 0 aliphatic carbocycles. The molecule has 3 unspecified atom stereocenters. The highest BCUT2D eigenvalue weighted by Crippen LogP contribution is 2.48. The number of nitrogens with one attached hydrogen (secondary N) is 1. The minimum atomic E-state index is -4.45. The number of imidazole rings is 1. The lowest BCUT2D eigenvalue weighted by Crippen LogP contribution is -2.61. The van der Waals surface area contributed by atoms with Crippen LogP contribution in [0.4, 0.5) is 13.2 Å². The molecule has 2 aliphatic heterocycles. The zero-order valence-electron chi connectivity index (χ0n) is 16.2. The number of nitrogens with zero attached hydrogens (tertiary/aromatic N) is 2. The van der Waals surface area contributed by atoms with Crippen LogP contribution in [0, 0.1) is 5.92 Å². The van der Waals surface area contributed by atoms with E-state index in [9.17, 15) is 27.9 Å². The first-order chi connectivity index (χ1) is 14.7. The van der Waals surface area contributed by atoms with Crippen molar-refractivity contribution < 1.29 is 32.6 Å². The number of aromatic amines is 1. The number of halogens is 3. The number of fused-ring (bicyclic) bond motifs is 1. The summed E-state index contributed by atoms with van der Waals surface area (Å²) in [4.78, 5) is 34.3. The van der Waals surface area contributed by atoms with E-state index < -0.39 is 29.7 Å². The van der Waals surface area contributed by atoms with Gasteiger partial charge in [-0.15, -0.1) is 0 Å². The number of β-lactam (4-membered cyclic amide) rings is 1. The van der Waals surface area contributed by atoms with Gasteiger partial charge in [0.15, 0.2) is 5.16 Å². The minimum Gasteiger partial charge on any atom is -0.456 e. The summed E-state index contributed by atoms with van der Waals surface area (Å²) in [5.74, 6) is -1.72. The van der Waals surface area contributed by atoms with Crippen molar-refractivity contribution in [3.63, 3.8) is 0 Å². The average molecular weight is 453 g/mol. The van der Waals surface area contributed by atoms with Crippen molar-refractivity contribution in [3.05, 3.63) is 58.4 Å². The van der Waals surface area contributed by atoms with Crippen molar-refractivity contribution in [2.75, 3.05) is 0 Å². The summed E-state index contributed by atoms with van der Waals surface area (Å²) < 4.78 is 43.4. The lowest BCUT2D eigenvalue weighted by atomic mass is 9.83. The minimum absolute atomic E-state index is 0.0835. The number of rotatable bonds is 6. The molecule has 2 N–H and O–H groups in total. The average Bonchev–Trinajstić information content (AvgIpc) is 3.32. The largest absolute Gasteiger partial charge is 0.456 e. The molecule has 1 aromatic carbocycles. The highest BCUT2D eigenvalue weighted by Gasteiger charge is 2.57. The fourth-order valence-corrected chi connectivity index (χ4v) is 4.75. The Morgan fingerprint density at radius 2 is 2.10 bits per heavy atom. The second kappa shape index (κ2) is 8.04. The standard InChI is InChI=1S/C20H18F3N3O4S/c1-10(27)15-13-8-14(31-19-24-6-7-25-19)16(26(13)17(15)28)18(29)30-9-11-2-4-12(5-3-11)20(21,22)23/h2-7,10,13,15,27H,8-9H2,1H3,(H,24,25). The van der Waals surface area contributed by atoms with Gasteiger partial charge >= 0.3 is 12.1 Å². The maximum Gasteiger partial charge on any atom is 0.416 e. The van der Waals surface area contributed by atoms with Crippen molar-refractivity contribution in [2.45, 2.75) is 43.4 Å². The molecule has 1 fully saturated rings. The van der Waals surface area contributed by atoms with Gasteiger partial charge in [-0.05, 0) is 24.6 Å². The summed E-state index contributed by atoms with van der Waals surface area (Å²) in [6.45, 7) is 1.28. The molecule has 2 aromatic rings. The zero-order chi connectivity index (χ0) is 22.3. The predicted octanol–water partition coefficient (Wildman–Crippen LogP) is 3.09. The topological polar surface area (TPSA) is 95.5 Å². The van der Waals surface area contributed by atoms with E-state index in [-0.39, 0.29) is 24.3 Å². The first-order valence-electron chi connectivity index (χ1n) is 9.41. The van der Waals surface area contributed by atoms with E-state index in [0.717, 1.165) is 12.1 Å². The Labute approximate surface area is 179 Å². The second-order valence-electron chi connectivity index (χ2n) is 7.29. The van der Waals surface area contributed by atoms with Crippen molar-refractivity contribution in [1.82, 2.24) is 14.9 Å². The molecular weight excluding hydrogens is 435 g/mol. The van der Waals surface area contributed by atoms with E-state index in [1.54, 1.807) is 12.4 Å². The first-order valence-corrected chi connectivity index (χ1v) is 10.2. The number of H-pyrrole nitrogens is 1. The molecule has 31 heavy (non-hydrogen) atoms. The summed E-state index contributed by atoms with van der Waals surface area (Å²) in [5, 5.41) is 10.4. The Morgan fingerprint density at radius 3 is 2.68 bits per heavy atom. The van der Waals surface area contributed by atoms with Crippen LogP contribution < -0.4 is 0 Å². The van der Waals surface area contributed by atoms with Crippen LogP contribution in [-0.2, 0) is 27.1 Å². The number of aliphatic hydroxyl groups excluding tert-OH is 1. The maximum absolute atomic E-state index is 12.8. The molecular formula is C20H18F3N3O4S. The fraction of sp³-hybridized carbons (Fsp3) is 0.350. The van der Waals surface area contributed by atoms with E-state index in [0.29, 0.717) is 22.0 Å². The predicted molar refractivity (Wildman–Crippen MR) is 103 cm³/mol. The molecule has 1 saturated heterocycles. The summed E-state index contributed by atoms with van der Waals surface area (Å²) in [6, 6.07) is 3.95. The molecule has 11 heteroatoms. The van der Waals surface area contributed by atoms with Crippen LogP contribution in [0.1, 0.15) is 24.5 Å². The van der Waals surface area contributed by atoms with Gasteiger partial charge in [-0.3, -0.25) is 4.79 Å². The van der Waals surface area contributed by atoms with Crippen LogP contribution >= 0.6 is 11.8 Å². The molecule has 4 rings (SSSR count). The van der Waals surface area contributed by atoms with Crippen LogP contribution in [-0.4, -0.2) is 44.0 Å². The van der Waals surface area contributed by atoms with Crippen molar-refractivity contribution in [1.29, 1.82) is 0 Å². The number of aromatic nitrogens is 2. The normalized spacial score (nSPS) is 21.7. The number of benzene rings is 1. The molecule has 0 saturated carbocycles. The van der Waals surface area contributed by atoms with E-state index >= 15 is 0 Å². The van der Waals surface area contributed by atoms with Crippen LogP contribution in [0.3, 0.4) is 0 Å². The van der Waals surface area contributed by atoms with Crippen LogP contribution in [0.15, 0.2) is 52.4 Å². The molecule has 1 aromatic heterocycles. The maximum atomic E-state index is 12.8. The van der Waals surface area contributed by atoms with Crippen molar-refractivity contribution in [2.24, 2.45) is 5.92 Å². The van der Waals surface area contributed by atoms with Gasteiger partial charge in [-0.1, -0.05) is 23.9 Å². The van der Waals surface area contributed by atoms with Gasteiger partial charge < -0.3 is 19.7 Å². The number of ether oxygens (including phenoxy) is 1. The second-order valence-corrected chi connectivity index (χ2v) is 8.37. The van der Waals surface area contributed by atoms with Crippen molar-refractivity contribution >= 4 is 23.6 Å². The molecule has 2 aliphatic rings. The SMILES string of the molecule is CC(O)C1C(=O)N2C(C(=O)OCc3ccc(C(F)(F)F)cc3)=C(Sc3ncc[nH]3)CC12. The van der Waals surface area contributed by atoms with Gasteiger partial charge in [0.1, 0.15) is 12.3 Å². The molecule has 0 bridgehead atoms.